The Hall–Kier alpha value is -2.69. The molecule has 0 atom stereocenters. The third kappa shape index (κ3) is 2.44. The largest absolute Gasteiger partial charge is 0.309 e. The van der Waals surface area contributed by atoms with Gasteiger partial charge in [0, 0.05) is 12.3 Å². The second kappa shape index (κ2) is 4.89. The van der Waals surface area contributed by atoms with Crippen LogP contribution in [0.1, 0.15) is 5.69 Å². The fourth-order valence-electron chi connectivity index (χ4n) is 1.84. The molecule has 0 fully saturated rings. The van der Waals surface area contributed by atoms with Gasteiger partial charge in [-0.15, -0.1) is 5.10 Å². The molecule has 19 heavy (non-hydrogen) atoms. The normalized spacial score (nSPS) is 10.5. The average Bonchev–Trinajstić information content (AvgIpc) is 2.91. The van der Waals surface area contributed by atoms with Crippen LogP contribution in [-0.4, -0.2) is 19.6 Å². The molecule has 94 valence electrons. The van der Waals surface area contributed by atoms with Gasteiger partial charge in [-0.2, -0.15) is 0 Å². The summed E-state index contributed by atoms with van der Waals surface area (Å²) >= 11 is 0. The number of hydrogen-bond acceptors (Lipinski definition) is 3. The number of benzene rings is 1. The van der Waals surface area contributed by atoms with E-state index in [2.05, 4.69) is 10.3 Å². The summed E-state index contributed by atoms with van der Waals surface area (Å²) in [6.45, 7) is 0.423. The SMILES string of the molecule is O=c1ccccn1Cc1cn(-c2ccccc2)nn1. The van der Waals surface area contributed by atoms with E-state index in [9.17, 15) is 4.79 Å². The van der Waals surface area contributed by atoms with Gasteiger partial charge in [0.15, 0.2) is 0 Å². The lowest BCUT2D eigenvalue weighted by Gasteiger charge is -2.00. The molecule has 2 heterocycles. The zero-order valence-electron chi connectivity index (χ0n) is 10.2. The molecular weight excluding hydrogens is 240 g/mol. The van der Waals surface area contributed by atoms with Crippen molar-refractivity contribution in [2.24, 2.45) is 0 Å². The Labute approximate surface area is 109 Å². The highest BCUT2D eigenvalue weighted by Crippen LogP contribution is 2.06. The van der Waals surface area contributed by atoms with Crippen LogP contribution in [0.4, 0.5) is 0 Å². The first-order chi connectivity index (χ1) is 9.33. The van der Waals surface area contributed by atoms with Gasteiger partial charge in [-0.25, -0.2) is 4.68 Å². The summed E-state index contributed by atoms with van der Waals surface area (Å²) < 4.78 is 3.29. The molecule has 0 N–H and O–H groups in total. The van der Waals surface area contributed by atoms with Crippen molar-refractivity contribution in [3.63, 3.8) is 0 Å². The molecular formula is C14H12N4O. The first kappa shape index (κ1) is 11.4. The molecule has 0 unspecified atom stereocenters. The molecule has 2 aromatic heterocycles. The van der Waals surface area contributed by atoms with E-state index in [4.69, 9.17) is 0 Å². The van der Waals surface area contributed by atoms with Gasteiger partial charge in [-0.1, -0.05) is 29.5 Å². The molecule has 3 rings (SSSR count). The number of aromatic nitrogens is 4. The topological polar surface area (TPSA) is 52.7 Å². The van der Waals surface area contributed by atoms with Crippen molar-refractivity contribution in [3.8, 4) is 5.69 Å². The quantitative estimate of drug-likeness (QED) is 0.709. The summed E-state index contributed by atoms with van der Waals surface area (Å²) in [7, 11) is 0. The van der Waals surface area contributed by atoms with E-state index in [-0.39, 0.29) is 5.56 Å². The van der Waals surface area contributed by atoms with E-state index >= 15 is 0 Å². The first-order valence-electron chi connectivity index (χ1n) is 5.95. The summed E-state index contributed by atoms with van der Waals surface area (Å²) in [5, 5.41) is 8.15. The van der Waals surface area contributed by atoms with Crippen molar-refractivity contribution in [3.05, 3.63) is 77.0 Å². The molecule has 0 radical (unpaired) electrons. The minimum absolute atomic E-state index is 0.0447. The summed E-state index contributed by atoms with van der Waals surface area (Å²) in [5.41, 5.74) is 1.65. The Morgan fingerprint density at radius 3 is 2.58 bits per heavy atom. The summed E-state index contributed by atoms with van der Waals surface area (Å²) in [6, 6.07) is 14.8. The molecule has 3 aromatic rings. The lowest BCUT2D eigenvalue weighted by Crippen LogP contribution is -2.18. The summed E-state index contributed by atoms with van der Waals surface area (Å²) in [4.78, 5) is 11.6. The van der Waals surface area contributed by atoms with Crippen LogP contribution in [0.5, 0.6) is 0 Å². The molecule has 0 aliphatic heterocycles. The molecule has 0 amide bonds. The van der Waals surface area contributed by atoms with E-state index in [1.165, 1.54) is 6.07 Å². The Balaban J connectivity index is 1.87. The van der Waals surface area contributed by atoms with Crippen LogP contribution in [0.3, 0.4) is 0 Å². The number of nitrogens with zero attached hydrogens (tertiary/aromatic N) is 4. The lowest BCUT2D eigenvalue weighted by molar-refractivity contribution is 0.730. The molecule has 0 bridgehead atoms. The number of pyridine rings is 1. The molecule has 0 saturated heterocycles. The highest BCUT2D eigenvalue weighted by molar-refractivity contribution is 5.29. The van der Waals surface area contributed by atoms with Crippen molar-refractivity contribution in [1.29, 1.82) is 0 Å². The predicted octanol–water partition coefficient (Wildman–Crippen LogP) is 1.48. The third-order valence-corrected chi connectivity index (χ3v) is 2.79. The lowest BCUT2D eigenvalue weighted by atomic mass is 10.3. The maximum absolute atomic E-state index is 11.6. The van der Waals surface area contributed by atoms with Crippen LogP contribution in [-0.2, 0) is 6.54 Å². The van der Waals surface area contributed by atoms with Gasteiger partial charge in [-0.05, 0) is 18.2 Å². The van der Waals surface area contributed by atoms with Gasteiger partial charge in [0.25, 0.3) is 5.56 Å². The van der Waals surface area contributed by atoms with Gasteiger partial charge in [0.1, 0.15) is 5.69 Å². The van der Waals surface area contributed by atoms with E-state index < -0.39 is 0 Å². The molecule has 5 heteroatoms. The average molecular weight is 252 g/mol. The molecule has 0 spiro atoms. The molecule has 1 aromatic carbocycles. The smallest absolute Gasteiger partial charge is 0.250 e. The predicted molar refractivity (Wildman–Crippen MR) is 71.2 cm³/mol. The highest BCUT2D eigenvalue weighted by atomic mass is 16.1. The minimum Gasteiger partial charge on any atom is -0.309 e. The number of hydrogen-bond donors (Lipinski definition) is 0. The van der Waals surface area contributed by atoms with Gasteiger partial charge in [-0.3, -0.25) is 4.79 Å². The van der Waals surface area contributed by atoms with Crippen LogP contribution in [0.25, 0.3) is 5.69 Å². The highest BCUT2D eigenvalue weighted by Gasteiger charge is 2.03. The van der Waals surface area contributed by atoms with Crippen molar-refractivity contribution in [1.82, 2.24) is 19.6 Å². The van der Waals surface area contributed by atoms with Gasteiger partial charge >= 0.3 is 0 Å². The molecule has 5 nitrogen and oxygen atoms in total. The van der Waals surface area contributed by atoms with Crippen molar-refractivity contribution in [2.45, 2.75) is 6.54 Å². The number of rotatable bonds is 3. The van der Waals surface area contributed by atoms with E-state index in [1.807, 2.05) is 42.6 Å². The van der Waals surface area contributed by atoms with Crippen molar-refractivity contribution >= 4 is 0 Å². The standard InChI is InChI=1S/C14H12N4O/c19-14-8-4-5-9-17(14)10-12-11-18(16-15-12)13-6-2-1-3-7-13/h1-9,11H,10H2. The second-order valence-electron chi connectivity index (χ2n) is 4.16. The fraction of sp³-hybridized carbons (Fsp3) is 0.0714. The Morgan fingerprint density at radius 2 is 1.79 bits per heavy atom. The van der Waals surface area contributed by atoms with Crippen LogP contribution in [0, 0.1) is 0 Å². The first-order valence-corrected chi connectivity index (χ1v) is 5.95. The van der Waals surface area contributed by atoms with Gasteiger partial charge in [0.05, 0.1) is 18.4 Å². The molecule has 0 saturated carbocycles. The van der Waals surface area contributed by atoms with Crippen molar-refractivity contribution < 1.29 is 0 Å². The maximum atomic E-state index is 11.6. The van der Waals surface area contributed by atoms with Gasteiger partial charge in [0.2, 0.25) is 0 Å². The summed E-state index contributed by atoms with van der Waals surface area (Å²) in [5.74, 6) is 0. The van der Waals surface area contributed by atoms with E-state index in [1.54, 1.807) is 21.5 Å². The zero-order valence-corrected chi connectivity index (χ0v) is 10.2. The fourth-order valence-corrected chi connectivity index (χ4v) is 1.84. The van der Waals surface area contributed by atoms with Crippen LogP contribution >= 0.6 is 0 Å². The Kier molecular flexibility index (Phi) is 2.94. The van der Waals surface area contributed by atoms with Crippen LogP contribution in [0.2, 0.25) is 0 Å². The molecule has 0 aliphatic rings. The Morgan fingerprint density at radius 1 is 1.00 bits per heavy atom. The maximum Gasteiger partial charge on any atom is 0.250 e. The minimum atomic E-state index is -0.0447. The zero-order chi connectivity index (χ0) is 13.1. The second-order valence-corrected chi connectivity index (χ2v) is 4.16. The third-order valence-electron chi connectivity index (χ3n) is 2.79. The number of para-hydroxylation sites is 1. The monoisotopic (exact) mass is 252 g/mol. The van der Waals surface area contributed by atoms with Gasteiger partial charge < -0.3 is 4.57 Å². The molecule has 0 aliphatic carbocycles. The van der Waals surface area contributed by atoms with Crippen LogP contribution in [0.15, 0.2) is 65.7 Å². The van der Waals surface area contributed by atoms with Crippen molar-refractivity contribution in [2.75, 3.05) is 0 Å². The van der Waals surface area contributed by atoms with Crippen LogP contribution < -0.4 is 5.56 Å². The van der Waals surface area contributed by atoms with E-state index in [0.717, 1.165) is 11.4 Å². The van der Waals surface area contributed by atoms with E-state index in [0.29, 0.717) is 6.54 Å². The summed E-state index contributed by atoms with van der Waals surface area (Å²) in [6.07, 6.45) is 3.57. The Bertz CT molecular complexity index is 730.